The van der Waals surface area contributed by atoms with Gasteiger partial charge in [-0.1, -0.05) is 44.9 Å². The first-order chi connectivity index (χ1) is 9.45. The van der Waals surface area contributed by atoms with E-state index in [1.54, 1.807) is 6.07 Å². The minimum Gasteiger partial charge on any atom is -0.744 e. The SMILES string of the molecule is CCCc1cc2ccc(S(=O)(=O)[O-])cc2cc1CCC.[K+]. The number of fused-ring (bicyclic) bond motifs is 1. The van der Waals surface area contributed by atoms with Gasteiger partial charge in [0.05, 0.1) is 4.90 Å². The van der Waals surface area contributed by atoms with Crippen LogP contribution in [0.1, 0.15) is 37.8 Å². The van der Waals surface area contributed by atoms with Crippen molar-refractivity contribution in [1.29, 1.82) is 0 Å². The van der Waals surface area contributed by atoms with Crippen molar-refractivity contribution in [3.8, 4) is 0 Å². The number of hydrogen-bond donors (Lipinski definition) is 0. The molecule has 0 aliphatic carbocycles. The molecule has 0 fully saturated rings. The standard InChI is InChI=1S/C16H20O3S.K/c1-3-5-12-9-14-7-8-16(20(17,18)19)11-15(14)10-13(12)6-4-2;/h7-11H,3-6H2,1-2H3,(H,17,18,19);/q;+1/p-1. The Labute approximate surface area is 169 Å². The van der Waals surface area contributed by atoms with Gasteiger partial charge in [-0.3, -0.25) is 0 Å². The van der Waals surface area contributed by atoms with Gasteiger partial charge in [0.1, 0.15) is 10.1 Å². The number of rotatable bonds is 5. The fourth-order valence-corrected chi connectivity index (χ4v) is 3.04. The summed E-state index contributed by atoms with van der Waals surface area (Å²) >= 11 is 0. The smallest absolute Gasteiger partial charge is 0.744 e. The van der Waals surface area contributed by atoms with E-state index in [0.29, 0.717) is 0 Å². The summed E-state index contributed by atoms with van der Waals surface area (Å²) in [6, 6.07) is 8.73. The Kier molecular flexibility index (Phi) is 7.53. The van der Waals surface area contributed by atoms with Gasteiger partial charge in [-0.15, -0.1) is 0 Å². The molecule has 0 aliphatic heterocycles. The second kappa shape index (κ2) is 8.20. The number of hydrogen-bond acceptors (Lipinski definition) is 3. The second-order valence-corrected chi connectivity index (χ2v) is 6.46. The van der Waals surface area contributed by atoms with Crippen molar-refractivity contribution < 1.29 is 64.4 Å². The molecule has 0 heterocycles. The molecule has 0 saturated heterocycles. The van der Waals surface area contributed by atoms with Crippen molar-refractivity contribution in [2.45, 2.75) is 44.4 Å². The van der Waals surface area contributed by atoms with Crippen LogP contribution in [0.5, 0.6) is 0 Å². The van der Waals surface area contributed by atoms with Gasteiger partial charge in [-0.25, -0.2) is 8.42 Å². The quantitative estimate of drug-likeness (QED) is 0.597. The van der Waals surface area contributed by atoms with Crippen molar-refractivity contribution in [3.63, 3.8) is 0 Å². The molecule has 0 aliphatic rings. The minimum atomic E-state index is -4.39. The van der Waals surface area contributed by atoms with E-state index in [1.807, 2.05) is 6.07 Å². The molecule has 0 aromatic heterocycles. The van der Waals surface area contributed by atoms with E-state index in [0.717, 1.165) is 36.5 Å². The van der Waals surface area contributed by atoms with E-state index >= 15 is 0 Å². The third kappa shape index (κ3) is 4.86. The van der Waals surface area contributed by atoms with Crippen molar-refractivity contribution in [2.24, 2.45) is 0 Å². The van der Waals surface area contributed by atoms with E-state index in [2.05, 4.69) is 19.9 Å². The zero-order valence-electron chi connectivity index (χ0n) is 12.8. The minimum absolute atomic E-state index is 0. The Balaban J connectivity index is 0.00000220. The van der Waals surface area contributed by atoms with Crippen LogP contribution in [0, 0.1) is 0 Å². The van der Waals surface area contributed by atoms with Crippen LogP contribution in [0.2, 0.25) is 0 Å². The maximum absolute atomic E-state index is 11.1. The van der Waals surface area contributed by atoms with E-state index in [9.17, 15) is 13.0 Å². The van der Waals surface area contributed by atoms with Gasteiger partial charge in [0, 0.05) is 0 Å². The van der Waals surface area contributed by atoms with Crippen molar-refractivity contribution in [2.75, 3.05) is 0 Å². The number of aryl methyl sites for hydroxylation is 2. The monoisotopic (exact) mass is 330 g/mol. The Morgan fingerprint density at radius 2 is 1.43 bits per heavy atom. The van der Waals surface area contributed by atoms with Crippen LogP contribution in [-0.4, -0.2) is 13.0 Å². The summed E-state index contributed by atoms with van der Waals surface area (Å²) in [5.41, 5.74) is 2.57. The molecule has 5 heteroatoms. The molecule has 0 bridgehead atoms. The first-order valence-corrected chi connectivity index (χ1v) is 8.38. The molecule has 0 spiro atoms. The van der Waals surface area contributed by atoms with Crippen LogP contribution >= 0.6 is 0 Å². The van der Waals surface area contributed by atoms with Crippen LogP contribution in [0.3, 0.4) is 0 Å². The molecule has 2 aromatic rings. The van der Waals surface area contributed by atoms with Gasteiger partial charge in [0.25, 0.3) is 0 Å². The largest absolute Gasteiger partial charge is 1.00 e. The Bertz CT molecular complexity index is 724. The van der Waals surface area contributed by atoms with Crippen LogP contribution in [0.25, 0.3) is 10.8 Å². The molecule has 2 rings (SSSR count). The van der Waals surface area contributed by atoms with E-state index in [-0.39, 0.29) is 56.3 Å². The van der Waals surface area contributed by atoms with Gasteiger partial charge in [-0.05, 0) is 46.9 Å². The maximum atomic E-state index is 11.1. The first-order valence-electron chi connectivity index (χ1n) is 6.97. The average molecular weight is 330 g/mol. The Morgan fingerprint density at radius 1 is 0.905 bits per heavy atom. The summed E-state index contributed by atoms with van der Waals surface area (Å²) in [5, 5.41) is 1.81. The van der Waals surface area contributed by atoms with Crippen LogP contribution < -0.4 is 51.4 Å². The topological polar surface area (TPSA) is 57.2 Å². The van der Waals surface area contributed by atoms with Gasteiger partial charge in [-0.2, -0.15) is 0 Å². The molecule has 21 heavy (non-hydrogen) atoms. The van der Waals surface area contributed by atoms with Crippen LogP contribution in [0.4, 0.5) is 0 Å². The fourth-order valence-electron chi connectivity index (χ4n) is 2.53. The molecule has 0 saturated carbocycles. The average Bonchev–Trinajstić information content (AvgIpc) is 2.38. The fraction of sp³-hybridized carbons (Fsp3) is 0.375. The summed E-state index contributed by atoms with van der Waals surface area (Å²) in [7, 11) is -4.39. The predicted octanol–water partition coefficient (Wildman–Crippen LogP) is 0.653. The Morgan fingerprint density at radius 3 is 1.90 bits per heavy atom. The second-order valence-electron chi connectivity index (χ2n) is 5.08. The molecular weight excluding hydrogens is 311 g/mol. The molecule has 108 valence electrons. The summed E-state index contributed by atoms with van der Waals surface area (Å²) in [6.45, 7) is 4.27. The normalized spacial score (nSPS) is 11.4. The van der Waals surface area contributed by atoms with E-state index < -0.39 is 10.1 Å². The van der Waals surface area contributed by atoms with Gasteiger partial charge in [0.15, 0.2) is 0 Å². The van der Waals surface area contributed by atoms with Crippen molar-refractivity contribution in [1.82, 2.24) is 0 Å². The molecule has 0 unspecified atom stereocenters. The van der Waals surface area contributed by atoms with E-state index in [1.165, 1.54) is 23.3 Å². The number of benzene rings is 2. The molecule has 0 N–H and O–H groups in total. The zero-order chi connectivity index (χ0) is 14.8. The molecule has 3 nitrogen and oxygen atoms in total. The molecule has 0 atom stereocenters. The zero-order valence-corrected chi connectivity index (χ0v) is 16.8. The molecular formula is C16H19KO3S. The Hall–Kier alpha value is 0.246. The van der Waals surface area contributed by atoms with Gasteiger partial charge in [0.2, 0.25) is 0 Å². The van der Waals surface area contributed by atoms with Crippen molar-refractivity contribution in [3.05, 3.63) is 41.5 Å². The van der Waals surface area contributed by atoms with Crippen LogP contribution in [-0.2, 0) is 23.0 Å². The van der Waals surface area contributed by atoms with Crippen molar-refractivity contribution >= 4 is 20.9 Å². The summed E-state index contributed by atoms with van der Waals surface area (Å²) in [5.74, 6) is 0. The molecule has 0 radical (unpaired) electrons. The first kappa shape index (κ1) is 19.3. The summed E-state index contributed by atoms with van der Waals surface area (Å²) in [4.78, 5) is -0.157. The maximum Gasteiger partial charge on any atom is 1.00 e. The van der Waals surface area contributed by atoms with Gasteiger partial charge < -0.3 is 4.55 Å². The third-order valence-corrected chi connectivity index (χ3v) is 4.29. The van der Waals surface area contributed by atoms with Crippen LogP contribution in [0.15, 0.2) is 35.2 Å². The molecule has 0 amide bonds. The molecule has 2 aromatic carbocycles. The summed E-state index contributed by atoms with van der Waals surface area (Å²) in [6.07, 6.45) is 4.11. The third-order valence-electron chi connectivity index (χ3n) is 3.46. The predicted molar refractivity (Wildman–Crippen MR) is 79.9 cm³/mol. The summed E-state index contributed by atoms with van der Waals surface area (Å²) < 4.78 is 33.3. The van der Waals surface area contributed by atoms with E-state index in [4.69, 9.17) is 0 Å². The van der Waals surface area contributed by atoms with Gasteiger partial charge >= 0.3 is 51.4 Å².